The summed E-state index contributed by atoms with van der Waals surface area (Å²) in [6.45, 7) is 8.47. The first-order valence-electron chi connectivity index (χ1n) is 12.0. The Morgan fingerprint density at radius 2 is 1.97 bits per heavy atom. The Morgan fingerprint density at radius 1 is 1.22 bits per heavy atom. The average Bonchev–Trinajstić information content (AvgIpc) is 2.83. The van der Waals surface area contributed by atoms with Crippen molar-refractivity contribution in [2.24, 2.45) is 5.41 Å². The maximum Gasteiger partial charge on any atom is 0.264 e. The minimum absolute atomic E-state index is 0.0694. The van der Waals surface area contributed by atoms with Crippen molar-refractivity contribution in [1.82, 2.24) is 24.8 Å². The third kappa shape index (κ3) is 5.76. The van der Waals surface area contributed by atoms with Crippen molar-refractivity contribution in [3.63, 3.8) is 0 Å². The molecular formula is C26H33N5O4S. The molecule has 4 rings (SSSR count). The zero-order valence-electron chi connectivity index (χ0n) is 20.8. The van der Waals surface area contributed by atoms with E-state index in [9.17, 15) is 18.0 Å². The van der Waals surface area contributed by atoms with Crippen molar-refractivity contribution < 1.29 is 18.0 Å². The second-order valence-electron chi connectivity index (χ2n) is 10.2. The van der Waals surface area contributed by atoms with Crippen LogP contribution in [0.4, 0.5) is 0 Å². The first-order valence-corrected chi connectivity index (χ1v) is 13.5. The Hall–Kier alpha value is -3.24. The van der Waals surface area contributed by atoms with Gasteiger partial charge in [0.1, 0.15) is 6.04 Å². The molecule has 2 aromatic rings. The summed E-state index contributed by atoms with van der Waals surface area (Å²) in [4.78, 5) is 32.3. The highest BCUT2D eigenvalue weighted by atomic mass is 32.2. The molecule has 1 fully saturated rings. The number of piperidine rings is 1. The normalized spacial score (nSPS) is 22.2. The van der Waals surface area contributed by atoms with Gasteiger partial charge < -0.3 is 10.6 Å². The maximum absolute atomic E-state index is 13.3. The average molecular weight is 512 g/mol. The van der Waals surface area contributed by atoms with Crippen LogP contribution in [0, 0.1) is 12.3 Å². The van der Waals surface area contributed by atoms with Crippen LogP contribution in [0.2, 0.25) is 0 Å². The number of rotatable bonds is 7. The molecule has 2 aliphatic heterocycles. The summed E-state index contributed by atoms with van der Waals surface area (Å²) < 4.78 is 27.5. The quantitative estimate of drug-likeness (QED) is 0.589. The van der Waals surface area contributed by atoms with E-state index in [4.69, 9.17) is 0 Å². The first-order chi connectivity index (χ1) is 17.1. The predicted octanol–water partition coefficient (Wildman–Crippen LogP) is 2.16. The number of pyridine rings is 1. The highest BCUT2D eigenvalue weighted by molar-refractivity contribution is 7.89. The van der Waals surface area contributed by atoms with Gasteiger partial charge in [-0.2, -0.15) is 0 Å². The van der Waals surface area contributed by atoms with Gasteiger partial charge in [-0.25, -0.2) is 8.42 Å². The Labute approximate surface area is 212 Å². The third-order valence-electron chi connectivity index (χ3n) is 6.80. The highest BCUT2D eigenvalue weighted by Gasteiger charge is 2.40. The topological polar surface area (TPSA) is 112 Å². The summed E-state index contributed by atoms with van der Waals surface area (Å²) in [5.74, 6) is -0.887. The largest absolute Gasteiger partial charge is 0.353 e. The molecule has 0 radical (unpaired) electrons. The number of hydrogen-bond donors (Lipinski definition) is 2. The van der Waals surface area contributed by atoms with E-state index in [1.165, 1.54) is 24.5 Å². The number of carbonyl (C=O) groups excluding carboxylic acids is 2. The van der Waals surface area contributed by atoms with E-state index < -0.39 is 22.0 Å². The van der Waals surface area contributed by atoms with Crippen LogP contribution in [0.5, 0.6) is 0 Å². The Balaban J connectivity index is 1.42. The van der Waals surface area contributed by atoms with Crippen molar-refractivity contribution in [2.45, 2.75) is 57.1 Å². The minimum Gasteiger partial charge on any atom is -0.353 e. The van der Waals surface area contributed by atoms with Gasteiger partial charge in [-0.1, -0.05) is 37.6 Å². The maximum atomic E-state index is 13.3. The van der Waals surface area contributed by atoms with Gasteiger partial charge in [0.25, 0.3) is 10.0 Å². The van der Waals surface area contributed by atoms with Crippen molar-refractivity contribution in [3.8, 4) is 0 Å². The van der Waals surface area contributed by atoms with Gasteiger partial charge in [-0.05, 0) is 42.5 Å². The lowest BCUT2D eigenvalue weighted by Gasteiger charge is -2.44. The lowest BCUT2D eigenvalue weighted by molar-refractivity contribution is -0.130. The lowest BCUT2D eigenvalue weighted by Crippen LogP contribution is -2.57. The van der Waals surface area contributed by atoms with Crippen LogP contribution in [-0.2, 0) is 26.2 Å². The summed E-state index contributed by atoms with van der Waals surface area (Å²) in [7, 11) is -4.01. The van der Waals surface area contributed by atoms with Gasteiger partial charge in [0.2, 0.25) is 11.8 Å². The van der Waals surface area contributed by atoms with Crippen LogP contribution in [0.3, 0.4) is 0 Å². The number of aryl methyl sites for hydroxylation is 1. The highest BCUT2D eigenvalue weighted by Crippen LogP contribution is 2.30. The fourth-order valence-electron chi connectivity index (χ4n) is 4.82. The van der Waals surface area contributed by atoms with Crippen LogP contribution < -0.4 is 10.6 Å². The molecule has 1 saturated heterocycles. The fourth-order valence-corrected chi connectivity index (χ4v) is 6.27. The molecule has 2 aliphatic rings. The Bertz CT molecular complexity index is 1230. The summed E-state index contributed by atoms with van der Waals surface area (Å²) in [6, 6.07) is 9.11. The van der Waals surface area contributed by atoms with Crippen LogP contribution >= 0.6 is 0 Å². The smallest absolute Gasteiger partial charge is 0.264 e. The second kappa shape index (κ2) is 10.4. The number of nitrogens with zero attached hydrogens (tertiary/aromatic N) is 3. The molecule has 2 amide bonds. The van der Waals surface area contributed by atoms with Crippen LogP contribution in [0.25, 0.3) is 0 Å². The van der Waals surface area contributed by atoms with E-state index in [1.807, 2.05) is 25.3 Å². The summed E-state index contributed by atoms with van der Waals surface area (Å²) in [6.07, 6.45) is 6.68. The van der Waals surface area contributed by atoms with Crippen molar-refractivity contribution in [1.29, 1.82) is 0 Å². The summed E-state index contributed by atoms with van der Waals surface area (Å²) in [5.41, 5.74) is 1.85. The molecule has 0 unspecified atom stereocenters. The number of carbonyl (C=O) groups is 2. The number of hydrogen-bond acceptors (Lipinski definition) is 6. The lowest BCUT2D eigenvalue weighted by atomic mass is 9.79. The number of amides is 2. The fraction of sp³-hybridized carbons (Fsp3) is 0.423. The Kier molecular flexibility index (Phi) is 7.46. The van der Waals surface area contributed by atoms with Crippen LogP contribution in [0.1, 0.15) is 37.8 Å². The number of nitrogens with one attached hydrogen (secondary N) is 2. The van der Waals surface area contributed by atoms with Gasteiger partial charge in [0.15, 0.2) is 0 Å². The molecule has 0 aliphatic carbocycles. The molecule has 10 heteroatoms. The monoisotopic (exact) mass is 511 g/mol. The third-order valence-corrected chi connectivity index (χ3v) is 8.60. The van der Waals surface area contributed by atoms with E-state index in [0.717, 1.165) is 41.5 Å². The molecule has 192 valence electrons. The number of likely N-dealkylation sites (tertiary alicyclic amines) is 1. The molecule has 1 aromatic heterocycles. The standard InChI is InChI=1S/C26H33N5O4S/c1-19-6-8-21(9-7-19)36(34,35)31-14-12-28-25(33)22(31)15-24(32)29-23-10-13-30(18-26(23,2)3)17-20-5-4-11-27-16-20/h4-9,11-12,14,16,22-23H,10,13,15,17-18H2,1-3H3,(H,28,33)(H,29,32)/t22-,23-/m1/s1. The molecule has 0 bridgehead atoms. The summed E-state index contributed by atoms with van der Waals surface area (Å²) in [5, 5.41) is 5.61. The molecule has 9 nitrogen and oxygen atoms in total. The van der Waals surface area contributed by atoms with Crippen molar-refractivity contribution in [2.75, 3.05) is 13.1 Å². The van der Waals surface area contributed by atoms with E-state index in [-0.39, 0.29) is 28.7 Å². The van der Waals surface area contributed by atoms with E-state index in [1.54, 1.807) is 18.3 Å². The van der Waals surface area contributed by atoms with E-state index in [2.05, 4.69) is 34.4 Å². The molecule has 2 N–H and O–H groups in total. The molecule has 36 heavy (non-hydrogen) atoms. The number of sulfonamides is 1. The van der Waals surface area contributed by atoms with Gasteiger partial charge in [0, 0.05) is 50.5 Å². The summed E-state index contributed by atoms with van der Waals surface area (Å²) >= 11 is 0. The number of benzene rings is 1. The molecule has 2 atom stereocenters. The second-order valence-corrected chi connectivity index (χ2v) is 12.0. The molecule has 3 heterocycles. The van der Waals surface area contributed by atoms with Crippen molar-refractivity contribution in [3.05, 3.63) is 72.3 Å². The van der Waals surface area contributed by atoms with Crippen LogP contribution in [-0.4, -0.2) is 59.6 Å². The van der Waals surface area contributed by atoms with Gasteiger partial charge in [-0.15, -0.1) is 0 Å². The van der Waals surface area contributed by atoms with Crippen LogP contribution in [0.15, 0.2) is 66.1 Å². The Morgan fingerprint density at radius 3 is 2.64 bits per heavy atom. The number of aromatic nitrogens is 1. The van der Waals surface area contributed by atoms with E-state index in [0.29, 0.717) is 0 Å². The van der Waals surface area contributed by atoms with Crippen molar-refractivity contribution >= 4 is 21.8 Å². The molecule has 1 aromatic carbocycles. The molecular weight excluding hydrogens is 478 g/mol. The molecule has 0 saturated carbocycles. The first kappa shape index (κ1) is 25.8. The SMILES string of the molecule is Cc1ccc(S(=O)(=O)N2C=CNC(=O)[C@H]2CC(=O)N[C@@H]2CCN(Cc3cccnc3)CC2(C)C)cc1. The zero-order valence-corrected chi connectivity index (χ0v) is 21.7. The minimum atomic E-state index is -4.01. The predicted molar refractivity (Wildman–Crippen MR) is 136 cm³/mol. The van der Waals surface area contributed by atoms with Gasteiger partial charge >= 0.3 is 0 Å². The van der Waals surface area contributed by atoms with E-state index >= 15 is 0 Å². The zero-order chi connectivity index (χ0) is 25.9. The van der Waals surface area contributed by atoms with Gasteiger partial charge in [0.05, 0.1) is 11.3 Å². The van der Waals surface area contributed by atoms with Gasteiger partial charge in [-0.3, -0.25) is 23.8 Å². The molecule has 0 spiro atoms.